The van der Waals surface area contributed by atoms with Crippen LogP contribution in [0.15, 0.2) is 24.5 Å². The second kappa shape index (κ2) is 4.37. The molecule has 3 rings (SSSR count). The van der Waals surface area contributed by atoms with Gasteiger partial charge in [-0.15, -0.1) is 0 Å². The number of piperazine rings is 1. The molecule has 0 radical (unpaired) electrons. The first-order valence-corrected chi connectivity index (χ1v) is 6.30. The monoisotopic (exact) mass is 230 g/mol. The third-order valence-corrected chi connectivity index (χ3v) is 3.41. The van der Waals surface area contributed by atoms with Crippen molar-refractivity contribution in [1.82, 2.24) is 14.7 Å². The van der Waals surface area contributed by atoms with Gasteiger partial charge in [0.2, 0.25) is 0 Å². The van der Waals surface area contributed by atoms with E-state index in [0.717, 1.165) is 38.2 Å². The van der Waals surface area contributed by atoms with Crippen LogP contribution in [0.4, 0.5) is 5.69 Å². The van der Waals surface area contributed by atoms with E-state index in [9.17, 15) is 0 Å². The highest BCUT2D eigenvalue weighted by Crippen LogP contribution is 2.17. The molecule has 90 valence electrons. The molecule has 0 unspecified atom stereocenters. The molecule has 0 bridgehead atoms. The fourth-order valence-electron chi connectivity index (χ4n) is 2.39. The lowest BCUT2D eigenvalue weighted by atomic mass is 10.3. The van der Waals surface area contributed by atoms with Crippen LogP contribution in [0.1, 0.15) is 12.6 Å². The van der Waals surface area contributed by atoms with Crippen LogP contribution in [0.3, 0.4) is 0 Å². The fraction of sp³-hybridized carbons (Fsp3) is 0.462. The smallest absolute Gasteiger partial charge is 0.137 e. The van der Waals surface area contributed by atoms with Crippen LogP contribution in [-0.4, -0.2) is 35.6 Å². The maximum atomic E-state index is 4.41. The zero-order chi connectivity index (χ0) is 11.7. The Morgan fingerprint density at radius 3 is 2.88 bits per heavy atom. The van der Waals surface area contributed by atoms with Crippen molar-refractivity contribution in [3.8, 4) is 0 Å². The normalized spacial score (nSPS) is 16.6. The Morgan fingerprint density at radius 2 is 2.12 bits per heavy atom. The molecular formula is C13H18N4. The Balaban J connectivity index is 1.99. The highest BCUT2D eigenvalue weighted by Gasteiger charge is 2.11. The Bertz CT molecular complexity index is 511. The lowest BCUT2D eigenvalue weighted by Crippen LogP contribution is -2.43. The Labute approximate surface area is 101 Å². The quantitative estimate of drug-likeness (QED) is 0.844. The molecule has 0 aromatic carbocycles. The molecular weight excluding hydrogens is 212 g/mol. The van der Waals surface area contributed by atoms with Crippen molar-refractivity contribution < 1.29 is 0 Å². The lowest BCUT2D eigenvalue weighted by molar-refractivity contribution is 0.588. The third kappa shape index (κ3) is 1.89. The summed E-state index contributed by atoms with van der Waals surface area (Å²) in [5, 5.41) is 3.38. The summed E-state index contributed by atoms with van der Waals surface area (Å²) in [6.07, 6.45) is 5.20. The zero-order valence-corrected chi connectivity index (χ0v) is 10.2. The first-order chi connectivity index (χ1) is 8.38. The standard InChI is InChI=1S/C13H18N4/c1-2-11-9-15-13-4-3-12(10-17(11)13)16-7-5-14-6-8-16/h3-4,9-10,14H,2,5-8H2,1H3. The lowest BCUT2D eigenvalue weighted by Gasteiger charge is -2.29. The van der Waals surface area contributed by atoms with Crippen molar-refractivity contribution in [2.24, 2.45) is 0 Å². The minimum absolute atomic E-state index is 1.02. The van der Waals surface area contributed by atoms with Crippen LogP contribution in [0.25, 0.3) is 5.65 Å². The molecule has 4 heteroatoms. The Kier molecular flexibility index (Phi) is 2.73. The molecule has 0 amide bonds. The van der Waals surface area contributed by atoms with E-state index < -0.39 is 0 Å². The number of hydrogen-bond donors (Lipinski definition) is 1. The molecule has 4 nitrogen and oxygen atoms in total. The maximum absolute atomic E-state index is 4.41. The van der Waals surface area contributed by atoms with Crippen molar-refractivity contribution in [1.29, 1.82) is 0 Å². The molecule has 0 spiro atoms. The summed E-state index contributed by atoms with van der Waals surface area (Å²) >= 11 is 0. The van der Waals surface area contributed by atoms with Gasteiger partial charge in [-0.1, -0.05) is 6.92 Å². The van der Waals surface area contributed by atoms with E-state index in [1.165, 1.54) is 11.4 Å². The fourth-order valence-corrected chi connectivity index (χ4v) is 2.39. The highest BCUT2D eigenvalue weighted by atomic mass is 15.2. The van der Waals surface area contributed by atoms with E-state index in [0.29, 0.717) is 0 Å². The number of rotatable bonds is 2. The van der Waals surface area contributed by atoms with Crippen LogP contribution in [0, 0.1) is 0 Å². The summed E-state index contributed by atoms with van der Waals surface area (Å²) in [5.74, 6) is 0. The first kappa shape index (κ1) is 10.6. The van der Waals surface area contributed by atoms with Crippen LogP contribution in [0.2, 0.25) is 0 Å². The topological polar surface area (TPSA) is 32.6 Å². The van der Waals surface area contributed by atoms with Gasteiger partial charge in [0, 0.05) is 44.3 Å². The van der Waals surface area contributed by atoms with E-state index in [4.69, 9.17) is 0 Å². The number of nitrogens with one attached hydrogen (secondary N) is 1. The van der Waals surface area contributed by atoms with Crippen molar-refractivity contribution >= 4 is 11.3 Å². The number of nitrogens with zero attached hydrogens (tertiary/aromatic N) is 3. The minimum atomic E-state index is 1.02. The molecule has 1 N–H and O–H groups in total. The molecule has 1 aliphatic rings. The van der Waals surface area contributed by atoms with Gasteiger partial charge in [0.15, 0.2) is 0 Å². The number of hydrogen-bond acceptors (Lipinski definition) is 3. The number of fused-ring (bicyclic) bond motifs is 1. The van der Waals surface area contributed by atoms with Crippen molar-refractivity contribution in [3.05, 3.63) is 30.2 Å². The van der Waals surface area contributed by atoms with Gasteiger partial charge in [0.25, 0.3) is 0 Å². The van der Waals surface area contributed by atoms with Gasteiger partial charge < -0.3 is 14.6 Å². The van der Waals surface area contributed by atoms with Crippen molar-refractivity contribution in [2.75, 3.05) is 31.1 Å². The SMILES string of the molecule is CCc1cnc2ccc(N3CCNCC3)cn12. The number of imidazole rings is 1. The van der Waals surface area contributed by atoms with Crippen LogP contribution in [0.5, 0.6) is 0 Å². The number of aromatic nitrogens is 2. The second-order valence-corrected chi connectivity index (χ2v) is 4.46. The molecule has 2 aromatic rings. The predicted octanol–water partition coefficient (Wildman–Crippen LogP) is 1.31. The molecule has 1 aliphatic heterocycles. The summed E-state index contributed by atoms with van der Waals surface area (Å²) in [7, 11) is 0. The third-order valence-electron chi connectivity index (χ3n) is 3.41. The average Bonchev–Trinajstić information content (AvgIpc) is 2.81. The minimum Gasteiger partial charge on any atom is -0.368 e. The molecule has 0 saturated carbocycles. The van der Waals surface area contributed by atoms with Gasteiger partial charge >= 0.3 is 0 Å². The van der Waals surface area contributed by atoms with Gasteiger partial charge in [-0.25, -0.2) is 4.98 Å². The van der Waals surface area contributed by atoms with E-state index in [1.807, 2.05) is 6.20 Å². The molecule has 2 aromatic heterocycles. The summed E-state index contributed by atoms with van der Waals surface area (Å²) in [6.45, 7) is 6.48. The predicted molar refractivity (Wildman–Crippen MR) is 69.7 cm³/mol. The average molecular weight is 230 g/mol. The molecule has 1 saturated heterocycles. The van der Waals surface area contributed by atoms with E-state index in [-0.39, 0.29) is 0 Å². The molecule has 0 aliphatic carbocycles. The zero-order valence-electron chi connectivity index (χ0n) is 10.2. The number of aryl methyl sites for hydroxylation is 1. The summed E-state index contributed by atoms with van der Waals surface area (Å²) < 4.78 is 2.21. The first-order valence-electron chi connectivity index (χ1n) is 6.30. The van der Waals surface area contributed by atoms with Crippen LogP contribution < -0.4 is 10.2 Å². The molecule has 0 atom stereocenters. The number of anilines is 1. The Hall–Kier alpha value is -1.55. The molecule has 3 heterocycles. The van der Waals surface area contributed by atoms with Crippen LogP contribution in [-0.2, 0) is 6.42 Å². The largest absolute Gasteiger partial charge is 0.368 e. The van der Waals surface area contributed by atoms with Crippen LogP contribution >= 0.6 is 0 Å². The van der Waals surface area contributed by atoms with E-state index in [1.54, 1.807) is 0 Å². The molecule has 1 fully saturated rings. The summed E-state index contributed by atoms with van der Waals surface area (Å²) in [4.78, 5) is 6.83. The maximum Gasteiger partial charge on any atom is 0.137 e. The number of pyridine rings is 1. The van der Waals surface area contributed by atoms with Gasteiger partial charge in [-0.3, -0.25) is 0 Å². The van der Waals surface area contributed by atoms with Gasteiger partial charge in [-0.2, -0.15) is 0 Å². The van der Waals surface area contributed by atoms with Gasteiger partial charge in [-0.05, 0) is 18.6 Å². The highest BCUT2D eigenvalue weighted by molar-refractivity contribution is 5.53. The second-order valence-electron chi connectivity index (χ2n) is 4.46. The van der Waals surface area contributed by atoms with E-state index in [2.05, 4.69) is 44.9 Å². The van der Waals surface area contributed by atoms with Crippen molar-refractivity contribution in [3.63, 3.8) is 0 Å². The summed E-state index contributed by atoms with van der Waals surface area (Å²) in [6, 6.07) is 4.28. The Morgan fingerprint density at radius 1 is 1.29 bits per heavy atom. The molecule has 17 heavy (non-hydrogen) atoms. The van der Waals surface area contributed by atoms with Crippen molar-refractivity contribution in [2.45, 2.75) is 13.3 Å². The summed E-state index contributed by atoms with van der Waals surface area (Å²) in [5.41, 5.74) is 3.62. The van der Waals surface area contributed by atoms with E-state index >= 15 is 0 Å². The van der Waals surface area contributed by atoms with Gasteiger partial charge in [0.1, 0.15) is 5.65 Å². The van der Waals surface area contributed by atoms with Gasteiger partial charge in [0.05, 0.1) is 5.69 Å².